The van der Waals surface area contributed by atoms with E-state index in [0.717, 1.165) is 41.2 Å². The van der Waals surface area contributed by atoms with Crippen LogP contribution in [0.3, 0.4) is 0 Å². The molecule has 0 unspecified atom stereocenters. The topological polar surface area (TPSA) is 38.8 Å². The zero-order chi connectivity index (χ0) is 18.0. The van der Waals surface area contributed by atoms with Gasteiger partial charge in [0.05, 0.1) is 25.6 Å². The van der Waals surface area contributed by atoms with Gasteiger partial charge in [0.1, 0.15) is 11.5 Å². The molecule has 0 spiro atoms. The number of carbonyl (C=O) groups is 1. The zero-order valence-corrected chi connectivity index (χ0v) is 16.1. The molecule has 0 atom stereocenters. The smallest absolute Gasteiger partial charge is 0.264 e. The largest absolute Gasteiger partial charge is 0.497 e. The molecule has 1 fully saturated rings. The van der Waals surface area contributed by atoms with Crippen LogP contribution in [0.5, 0.6) is 11.5 Å². The van der Waals surface area contributed by atoms with Gasteiger partial charge in [-0.25, -0.2) is 0 Å². The van der Waals surface area contributed by atoms with Gasteiger partial charge < -0.3 is 14.4 Å². The van der Waals surface area contributed by atoms with E-state index in [1.807, 2.05) is 23.1 Å². The highest BCUT2D eigenvalue weighted by Gasteiger charge is 2.34. The fourth-order valence-electron chi connectivity index (χ4n) is 3.06. The molecule has 134 valence electrons. The SMILES string of the molecule is CCc1cc(C(=O)N(Cc2cc(OC)ccc2OC)C2CC2)sc1C. The van der Waals surface area contributed by atoms with Gasteiger partial charge in [0.2, 0.25) is 0 Å². The van der Waals surface area contributed by atoms with Crippen LogP contribution in [0.4, 0.5) is 0 Å². The van der Waals surface area contributed by atoms with Crippen molar-refractivity contribution in [3.63, 3.8) is 0 Å². The minimum atomic E-state index is 0.125. The van der Waals surface area contributed by atoms with Gasteiger partial charge in [-0.3, -0.25) is 4.79 Å². The maximum Gasteiger partial charge on any atom is 0.264 e. The van der Waals surface area contributed by atoms with Gasteiger partial charge in [0, 0.05) is 16.5 Å². The Kier molecular flexibility index (Phi) is 5.33. The molecule has 25 heavy (non-hydrogen) atoms. The van der Waals surface area contributed by atoms with Crippen LogP contribution in [0.1, 0.15) is 45.4 Å². The van der Waals surface area contributed by atoms with E-state index in [9.17, 15) is 4.79 Å². The van der Waals surface area contributed by atoms with Crippen LogP contribution < -0.4 is 9.47 Å². The summed E-state index contributed by atoms with van der Waals surface area (Å²) in [7, 11) is 3.31. The Bertz CT molecular complexity index is 764. The van der Waals surface area contributed by atoms with E-state index in [1.165, 1.54) is 10.4 Å². The Hall–Kier alpha value is -2.01. The molecule has 1 saturated carbocycles. The Morgan fingerprint density at radius 1 is 1.20 bits per heavy atom. The van der Waals surface area contributed by atoms with E-state index >= 15 is 0 Å². The summed E-state index contributed by atoms with van der Waals surface area (Å²) < 4.78 is 10.8. The molecule has 2 aromatic rings. The average Bonchev–Trinajstić information content (AvgIpc) is 3.40. The predicted molar refractivity (Wildman–Crippen MR) is 101 cm³/mol. The molecule has 1 aromatic carbocycles. The van der Waals surface area contributed by atoms with Gasteiger partial charge in [0.15, 0.2) is 0 Å². The number of benzene rings is 1. The second-order valence-corrected chi connectivity index (χ2v) is 7.64. The summed E-state index contributed by atoms with van der Waals surface area (Å²) in [5.74, 6) is 1.69. The summed E-state index contributed by atoms with van der Waals surface area (Å²) in [5, 5.41) is 0. The van der Waals surface area contributed by atoms with Gasteiger partial charge in [-0.2, -0.15) is 0 Å². The van der Waals surface area contributed by atoms with Crippen LogP contribution >= 0.6 is 11.3 Å². The van der Waals surface area contributed by atoms with Crippen LogP contribution in [0.2, 0.25) is 0 Å². The van der Waals surface area contributed by atoms with Crippen molar-refractivity contribution in [2.45, 2.75) is 45.7 Å². The first-order chi connectivity index (χ1) is 12.1. The molecule has 0 radical (unpaired) electrons. The average molecular weight is 359 g/mol. The van der Waals surface area contributed by atoms with Gasteiger partial charge in [-0.15, -0.1) is 11.3 Å². The van der Waals surface area contributed by atoms with Crippen molar-refractivity contribution < 1.29 is 14.3 Å². The number of amides is 1. The van der Waals surface area contributed by atoms with Crippen LogP contribution in [-0.2, 0) is 13.0 Å². The standard InChI is InChI=1S/C20H25NO3S/c1-5-14-11-19(25-13(14)2)20(22)21(16-6-7-16)12-15-10-17(23-3)8-9-18(15)24-4/h8-11,16H,5-7,12H2,1-4H3. The van der Waals surface area contributed by atoms with E-state index < -0.39 is 0 Å². The third-order valence-electron chi connectivity index (χ3n) is 4.69. The van der Waals surface area contributed by atoms with E-state index in [2.05, 4.69) is 19.9 Å². The molecule has 1 aliphatic rings. The lowest BCUT2D eigenvalue weighted by Gasteiger charge is -2.23. The van der Waals surface area contributed by atoms with Crippen molar-refractivity contribution in [1.82, 2.24) is 4.90 Å². The number of hydrogen-bond acceptors (Lipinski definition) is 4. The first kappa shape index (κ1) is 17.8. The van der Waals surface area contributed by atoms with Crippen molar-refractivity contribution >= 4 is 17.2 Å². The Morgan fingerprint density at radius 2 is 1.96 bits per heavy atom. The maximum atomic E-state index is 13.1. The molecular weight excluding hydrogens is 334 g/mol. The van der Waals surface area contributed by atoms with Crippen molar-refractivity contribution in [2.24, 2.45) is 0 Å². The lowest BCUT2D eigenvalue weighted by atomic mass is 10.1. The van der Waals surface area contributed by atoms with E-state index in [0.29, 0.717) is 12.6 Å². The third kappa shape index (κ3) is 3.82. The Balaban J connectivity index is 1.88. The molecule has 0 N–H and O–H groups in total. The number of rotatable bonds is 7. The molecule has 3 rings (SSSR count). The number of methoxy groups -OCH3 is 2. The summed E-state index contributed by atoms with van der Waals surface area (Å²) >= 11 is 1.60. The minimum Gasteiger partial charge on any atom is -0.497 e. The third-order valence-corrected chi connectivity index (χ3v) is 5.77. The number of ether oxygens (including phenoxy) is 2. The maximum absolute atomic E-state index is 13.1. The first-order valence-electron chi connectivity index (χ1n) is 8.68. The van der Waals surface area contributed by atoms with E-state index in [4.69, 9.17) is 9.47 Å². The first-order valence-corrected chi connectivity index (χ1v) is 9.50. The fourth-order valence-corrected chi connectivity index (χ4v) is 4.13. The second kappa shape index (κ2) is 7.48. The number of nitrogens with zero attached hydrogens (tertiary/aromatic N) is 1. The van der Waals surface area contributed by atoms with Gasteiger partial charge >= 0.3 is 0 Å². The van der Waals surface area contributed by atoms with Crippen LogP contribution in [0.15, 0.2) is 24.3 Å². The monoisotopic (exact) mass is 359 g/mol. The van der Waals surface area contributed by atoms with Crippen LogP contribution in [-0.4, -0.2) is 31.1 Å². The molecule has 0 saturated heterocycles. The number of aryl methyl sites for hydroxylation is 2. The molecule has 0 aliphatic heterocycles. The van der Waals surface area contributed by atoms with E-state index in [-0.39, 0.29) is 5.91 Å². The highest BCUT2D eigenvalue weighted by atomic mass is 32.1. The Labute approximate surface area is 153 Å². The minimum absolute atomic E-state index is 0.125. The summed E-state index contributed by atoms with van der Waals surface area (Å²) in [5.41, 5.74) is 2.24. The molecule has 1 heterocycles. The van der Waals surface area contributed by atoms with Crippen LogP contribution in [0.25, 0.3) is 0 Å². The summed E-state index contributed by atoms with van der Waals surface area (Å²) in [4.78, 5) is 17.2. The molecule has 0 bridgehead atoms. The molecule has 5 heteroatoms. The highest BCUT2D eigenvalue weighted by molar-refractivity contribution is 7.14. The van der Waals surface area contributed by atoms with Crippen molar-refractivity contribution in [3.8, 4) is 11.5 Å². The molecular formula is C20H25NO3S. The predicted octanol–water partition coefficient (Wildman–Crippen LogP) is 4.44. The zero-order valence-electron chi connectivity index (χ0n) is 15.3. The van der Waals surface area contributed by atoms with Gasteiger partial charge in [-0.05, 0) is 56.0 Å². The summed E-state index contributed by atoms with van der Waals surface area (Å²) in [6.45, 7) is 4.76. The Morgan fingerprint density at radius 3 is 2.52 bits per heavy atom. The van der Waals surface area contributed by atoms with Gasteiger partial charge in [0.25, 0.3) is 5.91 Å². The van der Waals surface area contributed by atoms with Gasteiger partial charge in [-0.1, -0.05) is 6.92 Å². The number of thiophene rings is 1. The second-order valence-electron chi connectivity index (χ2n) is 6.39. The number of hydrogen-bond donors (Lipinski definition) is 0. The number of carbonyl (C=O) groups excluding carboxylic acids is 1. The van der Waals surface area contributed by atoms with Crippen LogP contribution in [0, 0.1) is 6.92 Å². The van der Waals surface area contributed by atoms with E-state index in [1.54, 1.807) is 25.6 Å². The normalized spacial score (nSPS) is 13.6. The molecule has 1 aromatic heterocycles. The fraction of sp³-hybridized carbons (Fsp3) is 0.450. The summed E-state index contributed by atoms with van der Waals surface area (Å²) in [6, 6.07) is 8.12. The van der Waals surface area contributed by atoms with Crippen molar-refractivity contribution in [2.75, 3.05) is 14.2 Å². The lowest BCUT2D eigenvalue weighted by Crippen LogP contribution is -2.32. The van der Waals surface area contributed by atoms with Crippen molar-refractivity contribution in [3.05, 3.63) is 45.1 Å². The quantitative estimate of drug-likeness (QED) is 0.733. The van der Waals surface area contributed by atoms with Crippen molar-refractivity contribution in [1.29, 1.82) is 0 Å². The highest BCUT2D eigenvalue weighted by Crippen LogP contribution is 2.34. The lowest BCUT2D eigenvalue weighted by molar-refractivity contribution is 0.0733. The summed E-state index contributed by atoms with van der Waals surface area (Å²) in [6.07, 6.45) is 3.11. The molecule has 1 aliphatic carbocycles. The molecule has 1 amide bonds. The molecule has 4 nitrogen and oxygen atoms in total.